The Morgan fingerprint density at radius 3 is 2.39 bits per heavy atom. The molecule has 57 heavy (non-hydrogen) atoms. The molecule has 4 heterocycles. The number of ether oxygens (including phenoxy) is 2. The van der Waals surface area contributed by atoms with Crippen molar-refractivity contribution in [1.29, 1.82) is 0 Å². The van der Waals surface area contributed by atoms with Crippen molar-refractivity contribution in [2.45, 2.75) is 32.6 Å². The van der Waals surface area contributed by atoms with Crippen LogP contribution in [0, 0.1) is 17.6 Å². The predicted octanol–water partition coefficient (Wildman–Crippen LogP) is 7.96. The summed E-state index contributed by atoms with van der Waals surface area (Å²) in [5, 5.41) is 5.71. The number of fused-ring (bicyclic) bond motifs is 1. The van der Waals surface area contributed by atoms with Crippen LogP contribution in [-0.4, -0.2) is 73.0 Å². The number of piperidine rings is 1. The van der Waals surface area contributed by atoms with Gasteiger partial charge in [0.2, 0.25) is 5.95 Å². The lowest BCUT2D eigenvalue weighted by Gasteiger charge is -2.35. The van der Waals surface area contributed by atoms with E-state index in [0.29, 0.717) is 58.0 Å². The second-order valence-electron chi connectivity index (χ2n) is 14.0. The number of rotatable bonds is 13. The normalized spacial score (nSPS) is 13.5. The van der Waals surface area contributed by atoms with Crippen LogP contribution in [-0.2, 0) is 16.3 Å². The van der Waals surface area contributed by atoms with E-state index >= 15 is 0 Å². The summed E-state index contributed by atoms with van der Waals surface area (Å²) in [5.41, 5.74) is 5.16. The SMILES string of the molecule is CCc1cc(Nc2nccc(-c3c(-c4ccc(OC)c(C(=O)Nc5c(F)cccc5F)c4)nc4ccccn34)n2)c(OC)cc1N1CCC(CCS(C)(=O)=O)CC1. The van der Waals surface area contributed by atoms with Gasteiger partial charge in [-0.2, -0.15) is 0 Å². The molecule has 1 aliphatic rings. The van der Waals surface area contributed by atoms with Gasteiger partial charge in [-0.3, -0.25) is 9.20 Å². The van der Waals surface area contributed by atoms with E-state index < -0.39 is 33.1 Å². The molecular weight excluding hydrogens is 753 g/mol. The zero-order valence-corrected chi connectivity index (χ0v) is 32.9. The van der Waals surface area contributed by atoms with E-state index in [0.717, 1.165) is 55.7 Å². The van der Waals surface area contributed by atoms with Gasteiger partial charge in [0.1, 0.15) is 44.3 Å². The highest BCUT2D eigenvalue weighted by Crippen LogP contribution is 2.39. The van der Waals surface area contributed by atoms with Gasteiger partial charge in [-0.15, -0.1) is 0 Å². The molecule has 1 saturated heterocycles. The first-order valence-corrected chi connectivity index (χ1v) is 20.7. The van der Waals surface area contributed by atoms with Crippen molar-refractivity contribution in [2.24, 2.45) is 5.92 Å². The molecule has 296 valence electrons. The number of imidazole rings is 1. The summed E-state index contributed by atoms with van der Waals surface area (Å²) in [6.07, 6.45) is 8.09. The van der Waals surface area contributed by atoms with Crippen molar-refractivity contribution >= 4 is 44.4 Å². The van der Waals surface area contributed by atoms with Gasteiger partial charge >= 0.3 is 0 Å². The number of carbonyl (C=O) groups is 1. The topological polar surface area (TPSA) is 140 Å². The number of methoxy groups -OCH3 is 2. The van der Waals surface area contributed by atoms with E-state index in [-0.39, 0.29) is 17.1 Å². The summed E-state index contributed by atoms with van der Waals surface area (Å²) in [6, 6.07) is 19.7. The molecule has 3 aromatic heterocycles. The van der Waals surface area contributed by atoms with Crippen LogP contribution in [0.1, 0.15) is 42.1 Å². The molecule has 0 spiro atoms. The number of pyridine rings is 1. The maximum absolute atomic E-state index is 14.5. The van der Waals surface area contributed by atoms with Crippen molar-refractivity contribution < 1.29 is 31.5 Å². The first-order chi connectivity index (χ1) is 27.5. The summed E-state index contributed by atoms with van der Waals surface area (Å²) in [5.74, 6) is -0.856. The number of aryl methyl sites for hydroxylation is 1. The number of hydrogen-bond donors (Lipinski definition) is 2. The molecule has 3 aromatic carbocycles. The number of benzene rings is 3. The lowest BCUT2D eigenvalue weighted by atomic mass is 9.93. The zero-order valence-electron chi connectivity index (χ0n) is 32.1. The molecule has 15 heteroatoms. The van der Waals surface area contributed by atoms with Crippen molar-refractivity contribution in [3.8, 4) is 34.1 Å². The second-order valence-corrected chi connectivity index (χ2v) is 16.2. The number of anilines is 4. The minimum atomic E-state index is -2.99. The molecule has 1 fully saturated rings. The second kappa shape index (κ2) is 16.6. The molecule has 12 nitrogen and oxygen atoms in total. The fraction of sp³-hybridized carbons (Fsp3) is 0.286. The molecule has 6 aromatic rings. The molecule has 0 saturated carbocycles. The molecule has 7 rings (SSSR count). The number of para-hydroxylation sites is 1. The molecule has 0 unspecified atom stereocenters. The first kappa shape index (κ1) is 39.2. The number of amides is 1. The Morgan fingerprint density at radius 2 is 1.68 bits per heavy atom. The molecule has 1 amide bonds. The largest absolute Gasteiger partial charge is 0.496 e. The number of nitrogens with zero attached hydrogens (tertiary/aromatic N) is 5. The van der Waals surface area contributed by atoms with Crippen molar-refractivity contribution in [3.05, 3.63) is 108 Å². The lowest BCUT2D eigenvalue weighted by Crippen LogP contribution is -2.34. The van der Waals surface area contributed by atoms with Crippen LogP contribution in [0.4, 0.5) is 31.8 Å². The van der Waals surface area contributed by atoms with E-state index in [2.05, 4.69) is 33.5 Å². The molecule has 0 bridgehead atoms. The molecule has 2 N–H and O–H groups in total. The molecular formula is C42H43F2N7O5S. The van der Waals surface area contributed by atoms with Gasteiger partial charge in [-0.25, -0.2) is 32.2 Å². The predicted molar refractivity (Wildman–Crippen MR) is 217 cm³/mol. The van der Waals surface area contributed by atoms with Gasteiger partial charge in [0.05, 0.1) is 48.3 Å². The van der Waals surface area contributed by atoms with Crippen LogP contribution < -0.4 is 25.0 Å². The highest BCUT2D eigenvalue weighted by atomic mass is 32.2. The summed E-state index contributed by atoms with van der Waals surface area (Å²) < 4.78 is 65.6. The fourth-order valence-electron chi connectivity index (χ4n) is 7.25. The quantitative estimate of drug-likeness (QED) is 0.118. The third kappa shape index (κ3) is 8.53. The van der Waals surface area contributed by atoms with E-state index in [9.17, 15) is 22.0 Å². The standard InChI is InChI=1S/C42H43F2N7O5S/c1-5-27-24-33(36(56-3)25-34(27)50-20-15-26(16-21-50)17-22-57(4,53)54)47-42-45-18-14-32(46-42)40-38(48-37-11-6-7-19-51(37)40)28-12-13-35(55-2)29(23-28)41(52)49-39-30(43)9-8-10-31(39)44/h6-14,18-19,23-26H,5,15-17,20-22H2,1-4H3,(H,49,52)(H,45,46,47). The van der Waals surface area contributed by atoms with E-state index in [4.69, 9.17) is 19.4 Å². The molecule has 0 aliphatic carbocycles. The monoisotopic (exact) mass is 795 g/mol. The Bertz CT molecular complexity index is 2540. The molecule has 0 radical (unpaired) electrons. The van der Waals surface area contributed by atoms with Crippen LogP contribution in [0.2, 0.25) is 0 Å². The van der Waals surface area contributed by atoms with Gasteiger partial charge in [0, 0.05) is 49.1 Å². The maximum atomic E-state index is 14.5. The highest BCUT2D eigenvalue weighted by Gasteiger charge is 2.25. The Morgan fingerprint density at radius 1 is 0.930 bits per heavy atom. The average Bonchev–Trinajstić information content (AvgIpc) is 3.61. The number of halogens is 2. The van der Waals surface area contributed by atoms with Gasteiger partial charge < -0.3 is 25.0 Å². The summed E-state index contributed by atoms with van der Waals surface area (Å²) in [4.78, 5) is 30.2. The summed E-state index contributed by atoms with van der Waals surface area (Å²) in [6.45, 7) is 3.76. The number of aromatic nitrogens is 4. The minimum absolute atomic E-state index is 0.0456. The number of nitrogens with one attached hydrogen (secondary N) is 2. The first-order valence-electron chi connectivity index (χ1n) is 18.6. The maximum Gasteiger partial charge on any atom is 0.259 e. The van der Waals surface area contributed by atoms with Crippen molar-refractivity contribution in [2.75, 3.05) is 54.9 Å². The summed E-state index contributed by atoms with van der Waals surface area (Å²) >= 11 is 0. The Balaban J connectivity index is 1.20. The third-order valence-corrected chi connectivity index (χ3v) is 11.2. The van der Waals surface area contributed by atoms with Gasteiger partial charge in [-0.05, 0) is 91.8 Å². The Kier molecular flexibility index (Phi) is 11.4. The third-order valence-electron chi connectivity index (χ3n) is 10.2. The van der Waals surface area contributed by atoms with Crippen molar-refractivity contribution in [1.82, 2.24) is 19.4 Å². The van der Waals surface area contributed by atoms with Gasteiger partial charge in [0.15, 0.2) is 0 Å². The Hall–Kier alpha value is -6.09. The van der Waals surface area contributed by atoms with Crippen LogP contribution >= 0.6 is 0 Å². The number of carbonyl (C=O) groups excluding carboxylic acids is 1. The average molecular weight is 796 g/mol. The minimum Gasteiger partial charge on any atom is -0.496 e. The smallest absolute Gasteiger partial charge is 0.259 e. The highest BCUT2D eigenvalue weighted by molar-refractivity contribution is 7.90. The fourth-order valence-corrected chi connectivity index (χ4v) is 8.01. The van der Waals surface area contributed by atoms with Crippen LogP contribution in [0.5, 0.6) is 11.5 Å². The van der Waals surface area contributed by atoms with E-state index in [1.807, 2.05) is 34.9 Å². The van der Waals surface area contributed by atoms with Gasteiger partial charge in [0.25, 0.3) is 5.91 Å². The number of sulfone groups is 1. The lowest BCUT2D eigenvalue weighted by molar-refractivity contribution is 0.102. The van der Waals surface area contributed by atoms with Gasteiger partial charge in [-0.1, -0.05) is 19.1 Å². The summed E-state index contributed by atoms with van der Waals surface area (Å²) in [7, 11) is 0.0347. The number of hydrogen-bond acceptors (Lipinski definition) is 10. The molecule has 1 aliphatic heterocycles. The van der Waals surface area contributed by atoms with Crippen molar-refractivity contribution in [3.63, 3.8) is 0 Å². The van der Waals surface area contributed by atoms with E-state index in [1.54, 1.807) is 37.6 Å². The Labute approximate surface area is 329 Å². The zero-order chi connectivity index (χ0) is 40.3. The van der Waals surface area contributed by atoms with Crippen LogP contribution in [0.3, 0.4) is 0 Å². The molecule has 0 atom stereocenters. The van der Waals surface area contributed by atoms with E-state index in [1.165, 1.54) is 19.4 Å². The van der Waals surface area contributed by atoms with Crippen LogP contribution in [0.15, 0.2) is 85.2 Å². The van der Waals surface area contributed by atoms with Crippen LogP contribution in [0.25, 0.3) is 28.3 Å².